The molecule has 2 amide bonds. The average molecular weight is 472 g/mol. The van der Waals surface area contributed by atoms with Crippen LogP contribution in [-0.2, 0) is 4.74 Å². The van der Waals surface area contributed by atoms with Crippen molar-refractivity contribution >= 4 is 28.7 Å². The Kier molecular flexibility index (Phi) is 6.32. The summed E-state index contributed by atoms with van der Waals surface area (Å²) < 4.78 is 7.35. The Labute approximate surface area is 204 Å². The zero-order chi connectivity index (χ0) is 24.4. The fraction of sp³-hybridized carbons (Fsp3) is 0.370. The minimum atomic E-state index is -0.253. The number of hydrogen-bond acceptors (Lipinski definition) is 5. The molecule has 1 aromatic carbocycles. The molecule has 2 aromatic heterocycles. The smallest absolute Gasteiger partial charge is 0.409 e. The lowest BCUT2D eigenvalue weighted by atomic mass is 10.1. The van der Waals surface area contributed by atoms with Crippen LogP contribution in [0.15, 0.2) is 42.7 Å². The number of carbonyl (C=O) groups excluding carboxylic acids is 2. The SMILES string of the molecule is CCOC(=O)N1CCC(n2cc(C#Cc3cccc(C(=O)NC4CC4)c3)c3c(N)nccc32)CC1. The molecule has 1 saturated carbocycles. The molecule has 0 bridgehead atoms. The van der Waals surface area contributed by atoms with Gasteiger partial charge >= 0.3 is 6.09 Å². The predicted octanol–water partition coefficient (Wildman–Crippen LogP) is 3.70. The lowest BCUT2D eigenvalue weighted by molar-refractivity contribution is 0.0927. The lowest BCUT2D eigenvalue weighted by Crippen LogP contribution is -2.39. The number of rotatable bonds is 4. The largest absolute Gasteiger partial charge is 0.450 e. The van der Waals surface area contributed by atoms with E-state index >= 15 is 0 Å². The first-order valence-electron chi connectivity index (χ1n) is 12.1. The molecular formula is C27H29N5O3. The molecule has 1 saturated heterocycles. The van der Waals surface area contributed by atoms with E-state index in [0.29, 0.717) is 37.1 Å². The van der Waals surface area contributed by atoms with E-state index in [-0.39, 0.29) is 18.0 Å². The number of pyridine rings is 1. The molecular weight excluding hydrogens is 442 g/mol. The van der Waals surface area contributed by atoms with Crippen LogP contribution in [0.2, 0.25) is 0 Å². The predicted molar refractivity (Wildman–Crippen MR) is 134 cm³/mol. The summed E-state index contributed by atoms with van der Waals surface area (Å²) in [6.45, 7) is 3.47. The van der Waals surface area contributed by atoms with Gasteiger partial charge in [0.05, 0.1) is 23.1 Å². The number of piperidine rings is 1. The second kappa shape index (κ2) is 9.71. The summed E-state index contributed by atoms with van der Waals surface area (Å²) in [7, 11) is 0. The molecule has 3 aromatic rings. The molecule has 8 nitrogen and oxygen atoms in total. The van der Waals surface area contributed by atoms with Crippen molar-refractivity contribution in [2.24, 2.45) is 0 Å². The molecule has 0 unspecified atom stereocenters. The molecule has 2 fully saturated rings. The number of likely N-dealkylation sites (tertiary alicyclic amines) is 1. The van der Waals surface area contributed by atoms with E-state index < -0.39 is 0 Å². The van der Waals surface area contributed by atoms with Crippen molar-refractivity contribution in [1.82, 2.24) is 19.8 Å². The number of benzene rings is 1. The van der Waals surface area contributed by atoms with Crippen molar-refractivity contribution in [2.75, 3.05) is 25.4 Å². The van der Waals surface area contributed by atoms with Crippen LogP contribution in [0.3, 0.4) is 0 Å². The second-order valence-corrected chi connectivity index (χ2v) is 9.04. The highest BCUT2D eigenvalue weighted by Gasteiger charge is 2.26. The summed E-state index contributed by atoms with van der Waals surface area (Å²) >= 11 is 0. The summed E-state index contributed by atoms with van der Waals surface area (Å²) in [4.78, 5) is 30.5. The van der Waals surface area contributed by atoms with Gasteiger partial charge in [-0.3, -0.25) is 4.79 Å². The Hall–Kier alpha value is -3.99. The van der Waals surface area contributed by atoms with Crippen LogP contribution in [0, 0.1) is 11.8 Å². The molecule has 0 atom stereocenters. The van der Waals surface area contributed by atoms with Crippen molar-refractivity contribution in [2.45, 2.75) is 44.7 Å². The normalized spacial score (nSPS) is 16.0. The summed E-state index contributed by atoms with van der Waals surface area (Å²) in [5, 5.41) is 3.84. The van der Waals surface area contributed by atoms with E-state index in [1.165, 1.54) is 0 Å². The summed E-state index contributed by atoms with van der Waals surface area (Å²) in [6, 6.07) is 9.85. The zero-order valence-electron chi connectivity index (χ0n) is 19.8. The van der Waals surface area contributed by atoms with E-state index in [9.17, 15) is 9.59 Å². The highest BCUT2D eigenvalue weighted by Crippen LogP contribution is 2.32. The maximum absolute atomic E-state index is 12.4. The highest BCUT2D eigenvalue weighted by molar-refractivity contribution is 5.96. The van der Waals surface area contributed by atoms with Crippen LogP contribution in [0.1, 0.15) is 60.1 Å². The first-order chi connectivity index (χ1) is 17.0. The Balaban J connectivity index is 1.40. The van der Waals surface area contributed by atoms with Crippen LogP contribution in [0.5, 0.6) is 0 Å². The summed E-state index contributed by atoms with van der Waals surface area (Å²) in [6.07, 6.45) is 7.21. The first-order valence-corrected chi connectivity index (χ1v) is 12.1. The van der Waals surface area contributed by atoms with E-state index in [4.69, 9.17) is 10.5 Å². The zero-order valence-corrected chi connectivity index (χ0v) is 19.8. The van der Waals surface area contributed by atoms with Gasteiger partial charge in [-0.15, -0.1) is 0 Å². The minimum Gasteiger partial charge on any atom is -0.450 e. The fourth-order valence-electron chi connectivity index (χ4n) is 4.54. The number of amides is 2. The summed E-state index contributed by atoms with van der Waals surface area (Å²) in [5.41, 5.74) is 9.42. The third kappa shape index (κ3) is 4.94. The van der Waals surface area contributed by atoms with Gasteiger partial charge in [0.1, 0.15) is 5.82 Å². The van der Waals surface area contributed by atoms with E-state index in [1.807, 2.05) is 37.4 Å². The van der Waals surface area contributed by atoms with Gasteiger partial charge < -0.3 is 25.3 Å². The molecule has 1 aliphatic carbocycles. The maximum Gasteiger partial charge on any atom is 0.409 e. The standard InChI is InChI=1S/C27H29N5O3/c1-2-35-27(34)31-14-11-22(12-15-31)32-17-20(24-23(32)10-13-29-25(24)28)7-6-18-4-3-5-19(16-18)26(33)30-21-8-9-21/h3-5,10,13,16-17,21-22H,2,8-9,11-12,14-15H2,1H3,(H2,28,29)(H,30,33). The quantitative estimate of drug-likeness (QED) is 0.565. The minimum absolute atomic E-state index is 0.0599. The van der Waals surface area contributed by atoms with Gasteiger partial charge in [0, 0.05) is 48.7 Å². The number of nitrogens with zero attached hydrogens (tertiary/aromatic N) is 3. The Morgan fingerprint density at radius 2 is 1.97 bits per heavy atom. The molecule has 3 N–H and O–H groups in total. The lowest BCUT2D eigenvalue weighted by Gasteiger charge is -2.32. The molecule has 5 rings (SSSR count). The molecule has 3 heterocycles. The number of aromatic nitrogens is 2. The Morgan fingerprint density at radius 1 is 1.17 bits per heavy atom. The van der Waals surface area contributed by atoms with Crippen molar-refractivity contribution in [3.63, 3.8) is 0 Å². The van der Waals surface area contributed by atoms with Gasteiger partial charge in [0.25, 0.3) is 5.91 Å². The first kappa shape index (κ1) is 22.8. The highest BCUT2D eigenvalue weighted by atomic mass is 16.6. The van der Waals surface area contributed by atoms with Crippen LogP contribution < -0.4 is 11.1 Å². The number of nitrogens with one attached hydrogen (secondary N) is 1. The Morgan fingerprint density at radius 3 is 2.71 bits per heavy atom. The van der Waals surface area contributed by atoms with E-state index in [1.54, 1.807) is 17.2 Å². The van der Waals surface area contributed by atoms with Crippen molar-refractivity contribution in [3.05, 3.63) is 59.4 Å². The molecule has 0 radical (unpaired) electrons. The second-order valence-electron chi connectivity index (χ2n) is 9.04. The van der Waals surface area contributed by atoms with E-state index in [2.05, 4.69) is 26.7 Å². The molecule has 35 heavy (non-hydrogen) atoms. The number of carbonyl (C=O) groups is 2. The van der Waals surface area contributed by atoms with Crippen molar-refractivity contribution in [1.29, 1.82) is 0 Å². The maximum atomic E-state index is 12.4. The number of nitrogen functional groups attached to an aromatic ring is 1. The fourth-order valence-corrected chi connectivity index (χ4v) is 4.54. The number of hydrogen-bond donors (Lipinski definition) is 2. The van der Waals surface area contributed by atoms with Gasteiger partial charge in [0.15, 0.2) is 0 Å². The van der Waals surface area contributed by atoms with E-state index in [0.717, 1.165) is 47.7 Å². The van der Waals surface area contributed by atoms with Gasteiger partial charge in [-0.25, -0.2) is 9.78 Å². The number of fused-ring (bicyclic) bond motifs is 1. The topological polar surface area (TPSA) is 102 Å². The molecule has 2 aliphatic rings. The third-order valence-corrected chi connectivity index (χ3v) is 6.54. The molecule has 0 spiro atoms. The van der Waals surface area contributed by atoms with Crippen LogP contribution in [-0.4, -0.2) is 52.2 Å². The van der Waals surface area contributed by atoms with Crippen LogP contribution in [0.25, 0.3) is 10.9 Å². The van der Waals surface area contributed by atoms with Crippen LogP contribution >= 0.6 is 0 Å². The van der Waals surface area contributed by atoms with Gasteiger partial charge in [-0.1, -0.05) is 17.9 Å². The average Bonchev–Trinajstić information content (AvgIpc) is 3.61. The Bertz CT molecular complexity index is 1320. The van der Waals surface area contributed by atoms with Gasteiger partial charge in [0.2, 0.25) is 0 Å². The molecule has 8 heteroatoms. The third-order valence-electron chi connectivity index (χ3n) is 6.54. The van der Waals surface area contributed by atoms with Gasteiger partial charge in [-0.05, 0) is 56.9 Å². The monoisotopic (exact) mass is 471 g/mol. The molecule has 1 aliphatic heterocycles. The van der Waals surface area contributed by atoms with Crippen LogP contribution in [0.4, 0.5) is 10.6 Å². The molecule has 180 valence electrons. The summed E-state index contributed by atoms with van der Waals surface area (Å²) in [5.74, 6) is 6.84. The number of anilines is 1. The van der Waals surface area contributed by atoms with Crippen molar-refractivity contribution < 1.29 is 14.3 Å². The van der Waals surface area contributed by atoms with Crippen molar-refractivity contribution in [3.8, 4) is 11.8 Å². The number of ether oxygens (including phenoxy) is 1. The number of nitrogens with two attached hydrogens (primary N) is 1. The van der Waals surface area contributed by atoms with Gasteiger partial charge in [-0.2, -0.15) is 0 Å².